The summed E-state index contributed by atoms with van der Waals surface area (Å²) in [4.78, 5) is 33.6. The number of nitrogens with zero attached hydrogens (tertiary/aromatic N) is 2. The molecular formula is C16H10N2O7. The average Bonchev–Trinajstić information content (AvgIpc) is 2.60. The van der Waals surface area contributed by atoms with Crippen LogP contribution < -0.4 is 10.2 Å². The van der Waals surface area contributed by atoms with Gasteiger partial charge < -0.3 is 9.15 Å². The largest absolute Gasteiger partial charge is 0.490 e. The Hall–Kier alpha value is -3.75. The summed E-state index contributed by atoms with van der Waals surface area (Å²) in [5.41, 5.74) is -1.41. The van der Waals surface area contributed by atoms with Crippen molar-refractivity contribution >= 4 is 22.3 Å². The normalized spacial score (nSPS) is 10.6. The molecule has 0 spiro atoms. The fourth-order valence-corrected chi connectivity index (χ4v) is 2.54. The highest BCUT2D eigenvalue weighted by atomic mass is 16.6. The summed E-state index contributed by atoms with van der Waals surface area (Å²) in [7, 11) is 1.25. The quantitative estimate of drug-likeness (QED) is 0.526. The first-order valence-electron chi connectivity index (χ1n) is 6.97. The first-order valence-corrected chi connectivity index (χ1v) is 6.97. The summed E-state index contributed by atoms with van der Waals surface area (Å²) in [5.74, 6) is -0.132. The van der Waals surface area contributed by atoms with E-state index < -0.39 is 21.0 Å². The zero-order valence-electron chi connectivity index (χ0n) is 12.8. The fraction of sp³-hybridized carbons (Fsp3) is 0.0625. The zero-order chi connectivity index (χ0) is 18.1. The van der Waals surface area contributed by atoms with Crippen LogP contribution in [-0.4, -0.2) is 17.0 Å². The van der Waals surface area contributed by atoms with E-state index in [9.17, 15) is 25.0 Å². The van der Waals surface area contributed by atoms with Crippen LogP contribution in [0.15, 0.2) is 51.7 Å². The maximum Gasteiger partial charge on any atom is 0.325 e. The highest BCUT2D eigenvalue weighted by molar-refractivity contribution is 5.91. The summed E-state index contributed by atoms with van der Waals surface area (Å²) in [5, 5.41) is 22.2. The second-order valence-corrected chi connectivity index (χ2v) is 5.00. The Kier molecular flexibility index (Phi) is 3.89. The minimum absolute atomic E-state index is 0.0516. The van der Waals surface area contributed by atoms with Crippen molar-refractivity contribution in [3.63, 3.8) is 0 Å². The molecule has 2 aromatic carbocycles. The molecule has 0 aliphatic carbocycles. The Labute approximate surface area is 139 Å². The number of hydrogen-bond donors (Lipinski definition) is 0. The van der Waals surface area contributed by atoms with Gasteiger partial charge in [0, 0.05) is 12.1 Å². The van der Waals surface area contributed by atoms with Crippen molar-refractivity contribution in [1.29, 1.82) is 0 Å². The molecule has 0 saturated heterocycles. The molecule has 0 N–H and O–H groups in total. The Bertz CT molecular complexity index is 1070. The van der Waals surface area contributed by atoms with Gasteiger partial charge in [-0.2, -0.15) is 0 Å². The number of hydrogen-bond acceptors (Lipinski definition) is 7. The number of fused-ring (bicyclic) bond motifs is 1. The summed E-state index contributed by atoms with van der Waals surface area (Å²) in [6.45, 7) is 0. The predicted molar refractivity (Wildman–Crippen MR) is 87.8 cm³/mol. The number of para-hydroxylation sites is 1. The molecule has 0 radical (unpaired) electrons. The second-order valence-electron chi connectivity index (χ2n) is 5.00. The maximum atomic E-state index is 12.5. The summed E-state index contributed by atoms with van der Waals surface area (Å²) in [6, 6.07) is 9.39. The Morgan fingerprint density at radius 1 is 1.04 bits per heavy atom. The molecule has 0 unspecified atom stereocenters. The minimum atomic E-state index is -0.733. The van der Waals surface area contributed by atoms with E-state index in [-0.39, 0.29) is 33.7 Å². The molecule has 0 saturated carbocycles. The molecule has 0 amide bonds. The van der Waals surface area contributed by atoms with Crippen LogP contribution in [0.4, 0.5) is 11.4 Å². The van der Waals surface area contributed by atoms with Gasteiger partial charge in [-0.25, -0.2) is 0 Å². The summed E-state index contributed by atoms with van der Waals surface area (Å²) in [6.07, 6.45) is 0. The molecule has 0 aliphatic heterocycles. The van der Waals surface area contributed by atoms with Crippen LogP contribution in [0.3, 0.4) is 0 Å². The molecule has 9 heteroatoms. The smallest absolute Gasteiger partial charge is 0.325 e. The standard InChI is InChI=1S/C16H10N2O7/c1-24-13-7-6-12-15(16(13)18(22)23)11(19)8-14(25-12)9-4-2-3-5-10(9)17(20)21/h2-8H,1H3. The van der Waals surface area contributed by atoms with Gasteiger partial charge in [0.25, 0.3) is 5.69 Å². The fourth-order valence-electron chi connectivity index (χ4n) is 2.54. The highest BCUT2D eigenvalue weighted by Gasteiger charge is 2.25. The lowest BCUT2D eigenvalue weighted by molar-refractivity contribution is -0.384. The number of benzene rings is 2. The lowest BCUT2D eigenvalue weighted by Gasteiger charge is -2.06. The first-order chi connectivity index (χ1) is 11.9. The molecule has 3 aromatic rings. The van der Waals surface area contributed by atoms with Crippen LogP contribution in [0.2, 0.25) is 0 Å². The van der Waals surface area contributed by atoms with Gasteiger partial charge in [-0.1, -0.05) is 12.1 Å². The van der Waals surface area contributed by atoms with Crippen LogP contribution in [0, 0.1) is 20.2 Å². The van der Waals surface area contributed by atoms with E-state index in [0.29, 0.717) is 0 Å². The van der Waals surface area contributed by atoms with E-state index >= 15 is 0 Å². The molecule has 0 aliphatic rings. The van der Waals surface area contributed by atoms with Crippen molar-refractivity contribution < 1.29 is 19.0 Å². The van der Waals surface area contributed by atoms with Gasteiger partial charge in [0.1, 0.15) is 16.7 Å². The minimum Gasteiger partial charge on any atom is -0.490 e. The van der Waals surface area contributed by atoms with E-state index in [0.717, 1.165) is 6.07 Å². The Morgan fingerprint density at radius 3 is 2.40 bits per heavy atom. The Balaban J connectivity index is 2.35. The van der Waals surface area contributed by atoms with Crippen LogP contribution >= 0.6 is 0 Å². The molecule has 0 bridgehead atoms. The van der Waals surface area contributed by atoms with Gasteiger partial charge in [0.05, 0.1) is 22.5 Å². The third-order valence-corrected chi connectivity index (χ3v) is 3.60. The number of nitro groups is 2. The van der Waals surface area contributed by atoms with Gasteiger partial charge in [-0.05, 0) is 18.2 Å². The first kappa shape index (κ1) is 16.1. The third-order valence-electron chi connectivity index (χ3n) is 3.60. The monoisotopic (exact) mass is 342 g/mol. The summed E-state index contributed by atoms with van der Waals surface area (Å²) >= 11 is 0. The molecule has 0 atom stereocenters. The van der Waals surface area contributed by atoms with Crippen molar-refractivity contribution in [2.75, 3.05) is 7.11 Å². The molecule has 3 rings (SSSR count). The zero-order valence-corrected chi connectivity index (χ0v) is 12.8. The molecule has 0 fully saturated rings. The summed E-state index contributed by atoms with van der Waals surface area (Å²) < 4.78 is 10.5. The molecule has 1 aromatic heterocycles. The maximum absolute atomic E-state index is 12.5. The lowest BCUT2D eigenvalue weighted by atomic mass is 10.1. The van der Waals surface area contributed by atoms with Crippen molar-refractivity contribution in [3.05, 3.63) is 72.9 Å². The van der Waals surface area contributed by atoms with Crippen LogP contribution in [0.5, 0.6) is 5.75 Å². The van der Waals surface area contributed by atoms with Gasteiger partial charge >= 0.3 is 5.69 Å². The van der Waals surface area contributed by atoms with Gasteiger partial charge in [-0.15, -0.1) is 0 Å². The molecule has 126 valence electrons. The van der Waals surface area contributed by atoms with Crippen molar-refractivity contribution in [2.24, 2.45) is 0 Å². The van der Waals surface area contributed by atoms with Gasteiger partial charge in [-0.3, -0.25) is 25.0 Å². The van der Waals surface area contributed by atoms with Crippen LogP contribution in [0.1, 0.15) is 0 Å². The van der Waals surface area contributed by atoms with Gasteiger partial charge in [0.15, 0.2) is 11.2 Å². The number of ether oxygens (including phenoxy) is 1. The number of methoxy groups -OCH3 is 1. The van der Waals surface area contributed by atoms with Gasteiger partial charge in [0.2, 0.25) is 0 Å². The van der Waals surface area contributed by atoms with E-state index in [4.69, 9.17) is 9.15 Å². The SMILES string of the molecule is COc1ccc2oc(-c3ccccc3[N+](=O)[O-])cc(=O)c2c1[N+](=O)[O-]. The predicted octanol–water partition coefficient (Wildman–Crippen LogP) is 3.29. The highest BCUT2D eigenvalue weighted by Crippen LogP contribution is 2.36. The van der Waals surface area contributed by atoms with Crippen molar-refractivity contribution in [1.82, 2.24) is 0 Å². The molecular weight excluding hydrogens is 332 g/mol. The van der Waals surface area contributed by atoms with Crippen molar-refractivity contribution in [2.45, 2.75) is 0 Å². The van der Waals surface area contributed by atoms with Crippen molar-refractivity contribution in [3.8, 4) is 17.1 Å². The molecule has 9 nitrogen and oxygen atoms in total. The van der Waals surface area contributed by atoms with E-state index in [2.05, 4.69) is 0 Å². The third kappa shape index (κ3) is 2.67. The van der Waals surface area contributed by atoms with E-state index in [1.807, 2.05) is 0 Å². The Morgan fingerprint density at radius 2 is 1.76 bits per heavy atom. The van der Waals surface area contributed by atoms with E-state index in [1.54, 1.807) is 6.07 Å². The number of rotatable bonds is 4. The van der Waals surface area contributed by atoms with Crippen LogP contribution in [0.25, 0.3) is 22.3 Å². The second kappa shape index (κ2) is 6.04. The molecule has 25 heavy (non-hydrogen) atoms. The van der Waals surface area contributed by atoms with Crippen LogP contribution in [-0.2, 0) is 0 Å². The molecule has 1 heterocycles. The lowest BCUT2D eigenvalue weighted by Crippen LogP contribution is -2.06. The van der Waals surface area contributed by atoms with E-state index in [1.165, 1.54) is 37.4 Å². The topological polar surface area (TPSA) is 126 Å². The average molecular weight is 342 g/mol. The number of nitro benzene ring substituents is 2.